The summed E-state index contributed by atoms with van der Waals surface area (Å²) < 4.78 is 0. The van der Waals surface area contributed by atoms with Gasteiger partial charge in [0.25, 0.3) is 0 Å². The van der Waals surface area contributed by atoms with Gasteiger partial charge in [-0.05, 0) is 0 Å². The van der Waals surface area contributed by atoms with Crippen LogP contribution in [0.5, 0.6) is 0 Å². The van der Waals surface area contributed by atoms with Crippen LogP contribution in [0.1, 0.15) is 12.8 Å². The molecule has 5 heteroatoms. The molecule has 0 atom stereocenters. The number of amides is 1. The van der Waals surface area contributed by atoms with Crippen molar-refractivity contribution >= 4 is 23.7 Å². The van der Waals surface area contributed by atoms with Gasteiger partial charge in [0, 0.05) is 12.8 Å². The van der Waals surface area contributed by atoms with Gasteiger partial charge in [-0.15, -0.1) is 12.6 Å². The van der Waals surface area contributed by atoms with Crippen LogP contribution in [0.3, 0.4) is 0 Å². The molecule has 0 bridgehead atoms. The Kier molecular flexibility index (Phi) is 4.08. The first-order valence-corrected chi connectivity index (χ1v) is 2.76. The van der Waals surface area contributed by atoms with Crippen molar-refractivity contribution in [1.29, 1.82) is 0 Å². The molecule has 0 radical (unpaired) electrons. The Balaban J connectivity index is 3.28. The number of thiol groups is 1. The quantitative estimate of drug-likeness (QED) is 0.294. The Bertz CT molecular complexity index is 125. The van der Waals surface area contributed by atoms with E-state index in [1.54, 1.807) is 0 Å². The molecule has 0 saturated carbocycles. The zero-order valence-electron chi connectivity index (χ0n) is 4.63. The summed E-state index contributed by atoms with van der Waals surface area (Å²) >= 11 is 3.41. The first kappa shape index (κ1) is 8.45. The molecule has 0 aliphatic carbocycles. The maximum Gasteiger partial charge on any atom is 0.243 e. The number of rotatable bonds is 3. The van der Waals surface area contributed by atoms with Crippen LogP contribution in [0.4, 0.5) is 0 Å². The molecule has 0 unspecified atom stereocenters. The molecule has 1 amide bonds. The van der Waals surface area contributed by atoms with Gasteiger partial charge < -0.3 is 0 Å². The number of hydrogen-bond donors (Lipinski definition) is 3. The van der Waals surface area contributed by atoms with Crippen LogP contribution in [0, 0.1) is 0 Å². The van der Waals surface area contributed by atoms with Gasteiger partial charge in [-0.3, -0.25) is 14.8 Å². The van der Waals surface area contributed by atoms with Gasteiger partial charge in [-0.2, -0.15) is 0 Å². The first-order valence-electron chi connectivity index (χ1n) is 2.31. The second-order valence-corrected chi connectivity index (χ2v) is 1.93. The topological polar surface area (TPSA) is 66.4 Å². The highest BCUT2D eigenvalue weighted by Crippen LogP contribution is 1.92. The third kappa shape index (κ3) is 5.32. The van der Waals surface area contributed by atoms with E-state index < -0.39 is 5.91 Å². The molecule has 0 aliphatic heterocycles. The normalized spacial score (nSPS) is 8.67. The SMILES string of the molecule is O=C(S)CCC(=O)NO. The van der Waals surface area contributed by atoms with Gasteiger partial charge >= 0.3 is 0 Å². The Morgan fingerprint density at radius 2 is 2.00 bits per heavy atom. The average Bonchev–Trinajstić information content (AvgIpc) is 1.83. The van der Waals surface area contributed by atoms with Gasteiger partial charge in [0.15, 0.2) is 5.12 Å². The van der Waals surface area contributed by atoms with Crippen LogP contribution in [0.2, 0.25) is 0 Å². The fourth-order valence-corrected chi connectivity index (χ4v) is 0.388. The summed E-state index contributed by atoms with van der Waals surface area (Å²) in [6.45, 7) is 0. The molecule has 9 heavy (non-hydrogen) atoms. The van der Waals surface area contributed by atoms with Crippen LogP contribution in [-0.2, 0) is 9.59 Å². The lowest BCUT2D eigenvalue weighted by atomic mass is 10.3. The highest BCUT2D eigenvalue weighted by Gasteiger charge is 2.00. The van der Waals surface area contributed by atoms with E-state index in [1.165, 1.54) is 5.48 Å². The Morgan fingerprint density at radius 1 is 1.44 bits per heavy atom. The number of hydrogen-bond acceptors (Lipinski definition) is 3. The number of nitrogens with one attached hydrogen (secondary N) is 1. The molecule has 0 aromatic rings. The van der Waals surface area contributed by atoms with Crippen molar-refractivity contribution in [1.82, 2.24) is 5.48 Å². The maximum atomic E-state index is 10.2. The molecule has 0 heterocycles. The van der Waals surface area contributed by atoms with Crippen molar-refractivity contribution in [3.05, 3.63) is 0 Å². The first-order chi connectivity index (χ1) is 4.16. The summed E-state index contributed by atoms with van der Waals surface area (Å²) in [6.07, 6.45) is 0.0360. The molecule has 0 aromatic carbocycles. The summed E-state index contributed by atoms with van der Waals surface area (Å²) in [5.74, 6) is -0.572. The number of hydroxylamine groups is 1. The molecular weight excluding hydrogens is 142 g/mol. The summed E-state index contributed by atoms with van der Waals surface area (Å²) in [5, 5.41) is 7.55. The van der Waals surface area contributed by atoms with E-state index in [-0.39, 0.29) is 18.0 Å². The molecule has 0 saturated heterocycles. The molecule has 0 aromatic heterocycles. The van der Waals surface area contributed by atoms with Crippen molar-refractivity contribution < 1.29 is 14.8 Å². The van der Waals surface area contributed by atoms with E-state index in [1.807, 2.05) is 0 Å². The zero-order chi connectivity index (χ0) is 7.28. The monoisotopic (exact) mass is 149 g/mol. The molecule has 0 spiro atoms. The van der Waals surface area contributed by atoms with E-state index in [4.69, 9.17) is 5.21 Å². The minimum absolute atomic E-state index is 0.0150. The highest BCUT2D eigenvalue weighted by atomic mass is 32.1. The second-order valence-electron chi connectivity index (χ2n) is 1.43. The number of carbonyl (C=O) groups is 2. The zero-order valence-corrected chi connectivity index (χ0v) is 5.52. The lowest BCUT2D eigenvalue weighted by Gasteiger charge is -1.92. The van der Waals surface area contributed by atoms with Gasteiger partial charge in [0.1, 0.15) is 0 Å². The highest BCUT2D eigenvalue weighted by molar-refractivity contribution is 7.96. The Morgan fingerprint density at radius 3 is 2.33 bits per heavy atom. The Labute approximate surface area is 57.6 Å². The van der Waals surface area contributed by atoms with Crippen LogP contribution in [-0.4, -0.2) is 16.2 Å². The predicted octanol–water partition coefficient (Wildman–Crippen LogP) is -0.272. The molecule has 4 nitrogen and oxygen atoms in total. The summed E-state index contributed by atoms with van der Waals surface area (Å²) in [5.41, 5.74) is 1.40. The second kappa shape index (κ2) is 4.34. The van der Waals surface area contributed by atoms with Crippen LogP contribution < -0.4 is 5.48 Å². The van der Waals surface area contributed by atoms with E-state index in [9.17, 15) is 9.59 Å². The summed E-state index contributed by atoms with van der Waals surface area (Å²) in [6, 6.07) is 0. The smallest absolute Gasteiger partial charge is 0.243 e. The molecular formula is C4H7NO3S. The van der Waals surface area contributed by atoms with E-state index in [0.29, 0.717) is 0 Å². The van der Waals surface area contributed by atoms with Gasteiger partial charge in [-0.25, -0.2) is 5.48 Å². The minimum Gasteiger partial charge on any atom is -0.289 e. The lowest BCUT2D eigenvalue weighted by Crippen LogP contribution is -2.18. The van der Waals surface area contributed by atoms with Crippen molar-refractivity contribution in [2.24, 2.45) is 0 Å². The van der Waals surface area contributed by atoms with Gasteiger partial charge in [-0.1, -0.05) is 0 Å². The largest absolute Gasteiger partial charge is 0.289 e. The van der Waals surface area contributed by atoms with Crippen molar-refractivity contribution in [2.45, 2.75) is 12.8 Å². The summed E-state index contributed by atoms with van der Waals surface area (Å²) in [7, 11) is 0. The Hall–Kier alpha value is -0.550. The molecule has 2 N–H and O–H groups in total. The van der Waals surface area contributed by atoms with Gasteiger partial charge in [0.05, 0.1) is 0 Å². The average molecular weight is 149 g/mol. The predicted molar refractivity (Wildman–Crippen MR) is 33.2 cm³/mol. The fourth-order valence-electron chi connectivity index (χ4n) is 0.276. The van der Waals surface area contributed by atoms with Crippen molar-refractivity contribution in [3.63, 3.8) is 0 Å². The standard InChI is InChI=1S/C4H7NO3S/c6-3(5-8)1-2-4(7)9/h8H,1-2H2,(H,5,6)(H,7,9). The van der Waals surface area contributed by atoms with Crippen LogP contribution in [0.15, 0.2) is 0 Å². The fraction of sp³-hybridized carbons (Fsp3) is 0.500. The molecule has 52 valence electrons. The van der Waals surface area contributed by atoms with Crippen LogP contribution >= 0.6 is 12.6 Å². The molecule has 0 aliphatic rings. The van der Waals surface area contributed by atoms with E-state index >= 15 is 0 Å². The maximum absolute atomic E-state index is 10.2. The molecule has 0 fully saturated rings. The molecule has 0 rings (SSSR count). The summed E-state index contributed by atoms with van der Waals surface area (Å²) in [4.78, 5) is 20.2. The van der Waals surface area contributed by atoms with E-state index in [2.05, 4.69) is 12.6 Å². The van der Waals surface area contributed by atoms with Gasteiger partial charge in [0.2, 0.25) is 5.91 Å². The third-order valence-corrected chi connectivity index (χ3v) is 0.914. The third-order valence-electron chi connectivity index (χ3n) is 0.691. The van der Waals surface area contributed by atoms with E-state index in [0.717, 1.165) is 0 Å². The van der Waals surface area contributed by atoms with Crippen molar-refractivity contribution in [3.8, 4) is 0 Å². The minimum atomic E-state index is -0.572. The van der Waals surface area contributed by atoms with Crippen molar-refractivity contribution in [2.75, 3.05) is 0 Å². The van der Waals surface area contributed by atoms with Crippen LogP contribution in [0.25, 0.3) is 0 Å². The number of carbonyl (C=O) groups excluding carboxylic acids is 2. The lowest BCUT2D eigenvalue weighted by molar-refractivity contribution is -0.130.